The average molecular weight is 297 g/mol. The first-order valence-electron chi connectivity index (χ1n) is 7.53. The van der Waals surface area contributed by atoms with E-state index in [0.717, 1.165) is 22.7 Å². The van der Waals surface area contributed by atoms with Gasteiger partial charge in [-0.15, -0.1) is 0 Å². The summed E-state index contributed by atoms with van der Waals surface area (Å²) in [4.78, 5) is 12.5. The van der Waals surface area contributed by atoms with Crippen molar-refractivity contribution >= 4 is 11.6 Å². The first-order chi connectivity index (χ1) is 10.8. The van der Waals surface area contributed by atoms with E-state index in [1.165, 1.54) is 0 Å². The topological polar surface area (TPSA) is 47.6 Å². The fraction of sp³-hybridized carbons (Fsp3) is 0.278. The third kappa shape index (κ3) is 3.06. The van der Waals surface area contributed by atoms with Crippen LogP contribution in [-0.2, 0) is 4.79 Å². The Bertz CT molecular complexity index is 652. The first-order valence-corrected chi connectivity index (χ1v) is 7.53. The number of carbonyl (C=O) groups is 1. The molecule has 1 N–H and O–H groups in total. The van der Waals surface area contributed by atoms with Gasteiger partial charge in [0.05, 0.1) is 19.1 Å². The summed E-state index contributed by atoms with van der Waals surface area (Å²) in [6.07, 6.45) is 0.694. The van der Waals surface area contributed by atoms with Crippen molar-refractivity contribution in [2.24, 2.45) is 0 Å². The molecule has 1 amide bonds. The standard InChI is InChI=1S/C18H19NO3/c1-2-21-14-9-7-13(8-10-14)19-18(20)16-11-12-22-17-6-4-3-5-15(16)17/h3-10,16H,2,11-12H2,1H3,(H,19,20). The molecule has 1 aliphatic rings. The lowest BCUT2D eigenvalue weighted by Gasteiger charge is -2.25. The van der Waals surface area contributed by atoms with Crippen molar-refractivity contribution in [3.05, 3.63) is 54.1 Å². The molecule has 0 saturated carbocycles. The largest absolute Gasteiger partial charge is 0.494 e. The molecule has 2 aromatic rings. The molecule has 114 valence electrons. The number of hydrogen-bond donors (Lipinski definition) is 1. The number of ether oxygens (including phenoxy) is 2. The van der Waals surface area contributed by atoms with Gasteiger partial charge in [-0.25, -0.2) is 0 Å². The van der Waals surface area contributed by atoms with Crippen molar-refractivity contribution in [1.29, 1.82) is 0 Å². The molecule has 2 aromatic carbocycles. The van der Waals surface area contributed by atoms with Crippen molar-refractivity contribution < 1.29 is 14.3 Å². The van der Waals surface area contributed by atoms with Crippen LogP contribution in [-0.4, -0.2) is 19.1 Å². The molecule has 0 fully saturated rings. The SMILES string of the molecule is CCOc1ccc(NC(=O)C2CCOc3ccccc32)cc1. The Morgan fingerprint density at radius 1 is 1.23 bits per heavy atom. The van der Waals surface area contributed by atoms with Crippen LogP contribution in [0.1, 0.15) is 24.8 Å². The Labute approximate surface area is 130 Å². The van der Waals surface area contributed by atoms with Gasteiger partial charge in [0.15, 0.2) is 0 Å². The van der Waals surface area contributed by atoms with Crippen LogP contribution in [0.25, 0.3) is 0 Å². The van der Waals surface area contributed by atoms with Crippen LogP contribution >= 0.6 is 0 Å². The molecule has 4 nitrogen and oxygen atoms in total. The number of amides is 1. The van der Waals surface area contributed by atoms with Crippen molar-refractivity contribution in [2.45, 2.75) is 19.3 Å². The highest BCUT2D eigenvalue weighted by molar-refractivity contribution is 5.96. The van der Waals surface area contributed by atoms with Gasteiger partial charge in [-0.05, 0) is 43.7 Å². The normalized spacial score (nSPS) is 16.3. The zero-order chi connectivity index (χ0) is 15.4. The Kier molecular flexibility index (Phi) is 4.28. The van der Waals surface area contributed by atoms with Crippen LogP contribution < -0.4 is 14.8 Å². The number of para-hydroxylation sites is 1. The summed E-state index contributed by atoms with van der Waals surface area (Å²) >= 11 is 0. The van der Waals surface area contributed by atoms with Crippen LogP contribution in [0.2, 0.25) is 0 Å². The van der Waals surface area contributed by atoms with E-state index in [1.807, 2.05) is 55.5 Å². The minimum Gasteiger partial charge on any atom is -0.494 e. The van der Waals surface area contributed by atoms with Gasteiger partial charge in [0.1, 0.15) is 11.5 Å². The van der Waals surface area contributed by atoms with E-state index in [1.54, 1.807) is 0 Å². The van der Waals surface area contributed by atoms with Crippen molar-refractivity contribution in [1.82, 2.24) is 0 Å². The number of carbonyl (C=O) groups excluding carboxylic acids is 1. The molecule has 1 aliphatic heterocycles. The highest BCUT2D eigenvalue weighted by atomic mass is 16.5. The molecule has 0 saturated heterocycles. The van der Waals surface area contributed by atoms with E-state index in [0.29, 0.717) is 19.6 Å². The van der Waals surface area contributed by atoms with Crippen molar-refractivity contribution in [2.75, 3.05) is 18.5 Å². The highest BCUT2D eigenvalue weighted by Crippen LogP contribution is 2.34. The van der Waals surface area contributed by atoms with Crippen LogP contribution in [0.5, 0.6) is 11.5 Å². The summed E-state index contributed by atoms with van der Waals surface area (Å²) in [7, 11) is 0. The monoisotopic (exact) mass is 297 g/mol. The molecule has 3 rings (SSSR count). The maximum atomic E-state index is 12.5. The third-order valence-corrected chi connectivity index (χ3v) is 3.71. The number of rotatable bonds is 4. The molecular formula is C18H19NO3. The lowest BCUT2D eigenvalue weighted by atomic mass is 9.92. The number of fused-ring (bicyclic) bond motifs is 1. The predicted octanol–water partition coefficient (Wildman–Crippen LogP) is 3.59. The van der Waals surface area contributed by atoms with Crippen molar-refractivity contribution in [3.8, 4) is 11.5 Å². The lowest BCUT2D eigenvalue weighted by Crippen LogP contribution is -2.26. The van der Waals surface area contributed by atoms with Gasteiger partial charge in [-0.1, -0.05) is 18.2 Å². The van der Waals surface area contributed by atoms with E-state index in [-0.39, 0.29) is 11.8 Å². The van der Waals surface area contributed by atoms with Gasteiger partial charge in [-0.2, -0.15) is 0 Å². The average Bonchev–Trinajstić information content (AvgIpc) is 2.56. The molecule has 0 aliphatic carbocycles. The van der Waals surface area contributed by atoms with Gasteiger partial charge in [0.2, 0.25) is 5.91 Å². The van der Waals surface area contributed by atoms with E-state index >= 15 is 0 Å². The molecule has 22 heavy (non-hydrogen) atoms. The molecule has 1 heterocycles. The lowest BCUT2D eigenvalue weighted by molar-refractivity contribution is -0.118. The van der Waals surface area contributed by atoms with Crippen LogP contribution in [0, 0.1) is 0 Å². The summed E-state index contributed by atoms with van der Waals surface area (Å²) in [6.45, 7) is 3.14. The smallest absolute Gasteiger partial charge is 0.232 e. The first kappa shape index (κ1) is 14.4. The van der Waals surface area contributed by atoms with Crippen LogP contribution in [0.3, 0.4) is 0 Å². The minimum atomic E-state index is -0.170. The van der Waals surface area contributed by atoms with Gasteiger partial charge in [0, 0.05) is 11.3 Å². The summed E-state index contributed by atoms with van der Waals surface area (Å²) in [5.41, 5.74) is 1.73. The molecule has 1 atom stereocenters. The molecule has 0 aromatic heterocycles. The summed E-state index contributed by atoms with van der Waals surface area (Å²) in [5.74, 6) is 1.44. The van der Waals surface area contributed by atoms with Gasteiger partial charge in [0.25, 0.3) is 0 Å². The Balaban J connectivity index is 1.72. The molecule has 1 unspecified atom stereocenters. The predicted molar refractivity (Wildman–Crippen MR) is 85.5 cm³/mol. The maximum absolute atomic E-state index is 12.5. The molecule has 0 radical (unpaired) electrons. The second-order valence-electron chi connectivity index (χ2n) is 5.17. The quantitative estimate of drug-likeness (QED) is 0.938. The zero-order valence-electron chi connectivity index (χ0n) is 12.5. The summed E-state index contributed by atoms with van der Waals surface area (Å²) in [6, 6.07) is 15.1. The number of anilines is 1. The fourth-order valence-corrected chi connectivity index (χ4v) is 2.64. The second-order valence-corrected chi connectivity index (χ2v) is 5.17. The molecule has 0 bridgehead atoms. The molecule has 4 heteroatoms. The third-order valence-electron chi connectivity index (χ3n) is 3.71. The van der Waals surface area contributed by atoms with Crippen LogP contribution in [0.4, 0.5) is 5.69 Å². The van der Waals surface area contributed by atoms with Crippen molar-refractivity contribution in [3.63, 3.8) is 0 Å². The van der Waals surface area contributed by atoms with E-state index < -0.39 is 0 Å². The summed E-state index contributed by atoms with van der Waals surface area (Å²) < 4.78 is 11.0. The molecular weight excluding hydrogens is 278 g/mol. The number of nitrogens with one attached hydrogen (secondary N) is 1. The maximum Gasteiger partial charge on any atom is 0.232 e. The highest BCUT2D eigenvalue weighted by Gasteiger charge is 2.27. The zero-order valence-corrected chi connectivity index (χ0v) is 12.5. The van der Waals surface area contributed by atoms with E-state index in [9.17, 15) is 4.79 Å². The summed E-state index contributed by atoms with van der Waals surface area (Å²) in [5, 5.41) is 2.97. The molecule has 0 spiro atoms. The number of hydrogen-bond acceptors (Lipinski definition) is 3. The van der Waals surface area contributed by atoms with Crippen LogP contribution in [0.15, 0.2) is 48.5 Å². The minimum absolute atomic E-state index is 0.0000834. The number of benzene rings is 2. The fourth-order valence-electron chi connectivity index (χ4n) is 2.64. The Morgan fingerprint density at radius 3 is 2.77 bits per heavy atom. The Hall–Kier alpha value is -2.49. The van der Waals surface area contributed by atoms with Gasteiger partial charge < -0.3 is 14.8 Å². The Morgan fingerprint density at radius 2 is 2.00 bits per heavy atom. The van der Waals surface area contributed by atoms with Gasteiger partial charge >= 0.3 is 0 Å². The second kappa shape index (κ2) is 6.52. The van der Waals surface area contributed by atoms with Gasteiger partial charge in [-0.3, -0.25) is 4.79 Å². The van der Waals surface area contributed by atoms with E-state index in [2.05, 4.69) is 5.32 Å². The van der Waals surface area contributed by atoms with E-state index in [4.69, 9.17) is 9.47 Å².